The van der Waals surface area contributed by atoms with Gasteiger partial charge in [0.05, 0.1) is 42.6 Å². The molecule has 0 spiro atoms. The van der Waals surface area contributed by atoms with Gasteiger partial charge in [0.1, 0.15) is 5.82 Å². The van der Waals surface area contributed by atoms with Gasteiger partial charge in [-0.1, -0.05) is 0 Å². The number of aromatic nitrogens is 2. The Morgan fingerprint density at radius 1 is 1.22 bits per heavy atom. The fourth-order valence-electron chi connectivity index (χ4n) is 3.99. The molecule has 192 valence electrons. The van der Waals surface area contributed by atoms with Crippen molar-refractivity contribution >= 4 is 22.6 Å². The van der Waals surface area contributed by atoms with Gasteiger partial charge in [0, 0.05) is 22.7 Å². The number of alkyl halides is 6. The van der Waals surface area contributed by atoms with Gasteiger partial charge in [-0.05, 0) is 42.8 Å². The molecule has 3 heterocycles. The molecule has 7 nitrogen and oxygen atoms in total. The Kier molecular flexibility index (Phi) is 6.56. The van der Waals surface area contributed by atoms with Crippen molar-refractivity contribution in [2.75, 3.05) is 12.3 Å². The standard InChI is InChI=1S/C23H20F6N4O3/c1-11-19-16(10-36-11)15-6-12(2-5-17(15)32-20(19)30)21(35)33(9-18(34)23(27,28)29)8-14-4-3-13(7-31-14)22(24,25)26/h2-7,11,18,34H,8-10H2,1H3,(H2,30,32)/t11-,18+/m0/s1. The molecule has 13 heteroatoms. The summed E-state index contributed by atoms with van der Waals surface area (Å²) in [5.74, 6) is -0.621. The van der Waals surface area contributed by atoms with E-state index in [9.17, 15) is 36.2 Å². The number of hydrogen-bond acceptors (Lipinski definition) is 6. The van der Waals surface area contributed by atoms with E-state index in [1.54, 1.807) is 6.92 Å². The van der Waals surface area contributed by atoms with Crippen LogP contribution in [0.25, 0.3) is 10.9 Å². The zero-order valence-corrected chi connectivity index (χ0v) is 18.7. The maximum absolute atomic E-state index is 13.3. The van der Waals surface area contributed by atoms with Gasteiger partial charge in [-0.25, -0.2) is 4.98 Å². The highest BCUT2D eigenvalue weighted by Gasteiger charge is 2.40. The molecule has 2 atom stereocenters. The third kappa shape index (κ3) is 5.07. The third-order valence-electron chi connectivity index (χ3n) is 5.86. The number of amides is 1. The SMILES string of the molecule is C[C@@H]1OCc2c1c(N)nc1ccc(C(=O)N(Cc3ccc(C(F)(F)F)cn3)C[C@@H](O)C(F)(F)F)cc21. The van der Waals surface area contributed by atoms with E-state index in [-0.39, 0.29) is 29.8 Å². The van der Waals surface area contributed by atoms with Crippen molar-refractivity contribution in [3.8, 4) is 0 Å². The van der Waals surface area contributed by atoms with Crippen LogP contribution in [-0.2, 0) is 24.1 Å². The van der Waals surface area contributed by atoms with Crippen LogP contribution in [0.2, 0.25) is 0 Å². The van der Waals surface area contributed by atoms with Gasteiger partial charge in [0.15, 0.2) is 6.10 Å². The fraction of sp³-hybridized carbons (Fsp3) is 0.348. The average molecular weight is 514 g/mol. The second kappa shape index (κ2) is 9.21. The summed E-state index contributed by atoms with van der Waals surface area (Å²) in [4.78, 5) is 21.9. The van der Waals surface area contributed by atoms with E-state index in [4.69, 9.17) is 10.5 Å². The average Bonchev–Trinajstić information content (AvgIpc) is 3.19. The van der Waals surface area contributed by atoms with Crippen molar-refractivity contribution in [2.45, 2.75) is 44.6 Å². The predicted molar refractivity (Wildman–Crippen MR) is 115 cm³/mol. The van der Waals surface area contributed by atoms with Crippen LogP contribution in [0.4, 0.5) is 32.2 Å². The largest absolute Gasteiger partial charge is 0.417 e. The molecule has 0 unspecified atom stereocenters. The molecule has 1 aliphatic rings. The molecule has 0 radical (unpaired) electrons. The maximum atomic E-state index is 13.3. The number of pyridine rings is 2. The van der Waals surface area contributed by atoms with Crippen LogP contribution in [0.15, 0.2) is 36.5 Å². The number of aliphatic hydroxyl groups is 1. The minimum absolute atomic E-state index is 0.0166. The normalized spacial score (nSPS) is 16.7. The number of rotatable bonds is 5. The van der Waals surface area contributed by atoms with Crippen molar-refractivity contribution in [3.63, 3.8) is 0 Å². The smallest absolute Gasteiger partial charge is 0.383 e. The second-order valence-corrected chi connectivity index (χ2v) is 8.35. The maximum Gasteiger partial charge on any atom is 0.417 e. The van der Waals surface area contributed by atoms with Gasteiger partial charge in [-0.2, -0.15) is 26.3 Å². The summed E-state index contributed by atoms with van der Waals surface area (Å²) in [7, 11) is 0. The number of nitrogens with zero attached hydrogens (tertiary/aromatic N) is 3. The monoisotopic (exact) mass is 514 g/mol. The molecule has 0 saturated carbocycles. The number of hydrogen-bond donors (Lipinski definition) is 2. The number of nitrogen functional groups attached to an aromatic ring is 1. The Morgan fingerprint density at radius 3 is 2.56 bits per heavy atom. The lowest BCUT2D eigenvalue weighted by atomic mass is 10.00. The summed E-state index contributed by atoms with van der Waals surface area (Å²) >= 11 is 0. The molecular weight excluding hydrogens is 494 g/mol. The highest BCUT2D eigenvalue weighted by Crippen LogP contribution is 2.38. The lowest BCUT2D eigenvalue weighted by Gasteiger charge is -2.26. The van der Waals surface area contributed by atoms with E-state index >= 15 is 0 Å². The van der Waals surface area contributed by atoms with E-state index in [0.717, 1.165) is 6.07 Å². The summed E-state index contributed by atoms with van der Waals surface area (Å²) in [6, 6.07) is 5.94. The minimum atomic E-state index is -5.02. The Labute approximate surface area is 200 Å². The molecule has 0 aliphatic carbocycles. The number of ether oxygens (including phenoxy) is 1. The lowest BCUT2D eigenvalue weighted by molar-refractivity contribution is -0.206. The lowest BCUT2D eigenvalue weighted by Crippen LogP contribution is -2.43. The van der Waals surface area contributed by atoms with Crippen LogP contribution in [0.3, 0.4) is 0 Å². The van der Waals surface area contributed by atoms with Gasteiger partial charge < -0.3 is 20.5 Å². The number of halogens is 6. The minimum Gasteiger partial charge on any atom is -0.383 e. The van der Waals surface area contributed by atoms with E-state index in [2.05, 4.69) is 9.97 Å². The van der Waals surface area contributed by atoms with Gasteiger partial charge in [0.25, 0.3) is 5.91 Å². The van der Waals surface area contributed by atoms with Gasteiger partial charge >= 0.3 is 12.4 Å². The first-order chi connectivity index (χ1) is 16.8. The molecule has 36 heavy (non-hydrogen) atoms. The number of anilines is 1. The Bertz CT molecular complexity index is 1290. The molecule has 4 rings (SSSR count). The molecule has 0 fully saturated rings. The number of carbonyl (C=O) groups excluding carboxylic acids is 1. The van der Waals surface area contributed by atoms with Gasteiger partial charge in [-0.3, -0.25) is 9.78 Å². The molecule has 3 aromatic rings. The molecule has 1 aliphatic heterocycles. The number of benzene rings is 1. The summed E-state index contributed by atoms with van der Waals surface area (Å²) in [6.07, 6.45) is -12.4. The van der Waals surface area contributed by atoms with Crippen molar-refractivity contribution in [1.82, 2.24) is 14.9 Å². The quantitative estimate of drug-likeness (QED) is 0.490. The Balaban J connectivity index is 1.69. The van der Waals surface area contributed by atoms with Crippen molar-refractivity contribution < 1.29 is 41.0 Å². The predicted octanol–water partition coefficient (Wildman–Crippen LogP) is 4.39. The molecule has 1 amide bonds. The van der Waals surface area contributed by atoms with E-state index in [0.29, 0.717) is 39.2 Å². The van der Waals surface area contributed by atoms with Gasteiger partial charge in [0.2, 0.25) is 0 Å². The third-order valence-corrected chi connectivity index (χ3v) is 5.86. The van der Waals surface area contributed by atoms with Crippen molar-refractivity contribution in [1.29, 1.82) is 0 Å². The van der Waals surface area contributed by atoms with Crippen LogP contribution < -0.4 is 5.73 Å². The van der Waals surface area contributed by atoms with E-state index in [1.165, 1.54) is 18.2 Å². The first-order valence-corrected chi connectivity index (χ1v) is 10.7. The number of carbonyl (C=O) groups is 1. The summed E-state index contributed by atoms with van der Waals surface area (Å²) in [5.41, 5.74) is 6.66. The molecule has 3 N–H and O–H groups in total. The van der Waals surface area contributed by atoms with Crippen molar-refractivity contribution in [3.05, 3.63) is 64.5 Å². The summed E-state index contributed by atoms with van der Waals surface area (Å²) < 4.78 is 83.3. The molecule has 2 aromatic heterocycles. The van der Waals surface area contributed by atoms with Crippen molar-refractivity contribution in [2.24, 2.45) is 0 Å². The molecule has 1 aromatic carbocycles. The van der Waals surface area contributed by atoms with Crippen LogP contribution in [0.5, 0.6) is 0 Å². The highest BCUT2D eigenvalue weighted by atomic mass is 19.4. The number of nitrogens with two attached hydrogens (primary N) is 1. The number of aliphatic hydroxyl groups excluding tert-OH is 1. The van der Waals surface area contributed by atoms with Crippen LogP contribution in [0.1, 0.15) is 45.8 Å². The van der Waals surface area contributed by atoms with Crippen LogP contribution >= 0.6 is 0 Å². The van der Waals surface area contributed by atoms with E-state index in [1.807, 2.05) is 0 Å². The zero-order valence-electron chi connectivity index (χ0n) is 18.7. The van der Waals surface area contributed by atoms with Crippen LogP contribution in [-0.4, -0.2) is 44.7 Å². The number of fused-ring (bicyclic) bond motifs is 3. The second-order valence-electron chi connectivity index (χ2n) is 8.35. The fourth-order valence-corrected chi connectivity index (χ4v) is 3.99. The Morgan fingerprint density at radius 2 is 1.94 bits per heavy atom. The summed E-state index contributed by atoms with van der Waals surface area (Å²) in [6.45, 7) is 0.257. The van der Waals surface area contributed by atoms with Crippen LogP contribution in [0, 0.1) is 0 Å². The highest BCUT2D eigenvalue weighted by molar-refractivity contribution is 5.99. The molecule has 0 saturated heterocycles. The molecular formula is C23H20F6N4O3. The first-order valence-electron chi connectivity index (χ1n) is 10.7. The molecule has 0 bridgehead atoms. The zero-order chi connectivity index (χ0) is 26.4. The Hall–Kier alpha value is -3.45. The van der Waals surface area contributed by atoms with Gasteiger partial charge in [-0.15, -0.1) is 0 Å². The van der Waals surface area contributed by atoms with E-state index < -0.39 is 43.0 Å². The first kappa shape index (κ1) is 25.6. The summed E-state index contributed by atoms with van der Waals surface area (Å²) in [5, 5.41) is 10.1. The topological polar surface area (TPSA) is 102 Å².